The van der Waals surface area contributed by atoms with E-state index in [4.69, 9.17) is 4.74 Å². The molecule has 1 aliphatic rings. The van der Waals surface area contributed by atoms with E-state index in [0.717, 1.165) is 0 Å². The summed E-state index contributed by atoms with van der Waals surface area (Å²) in [5.74, 6) is -0.657. The van der Waals surface area contributed by atoms with Gasteiger partial charge in [-0.15, -0.1) is 0 Å². The fourth-order valence-electron chi connectivity index (χ4n) is 1.26. The highest BCUT2D eigenvalue weighted by Crippen LogP contribution is 2.16. The molecule has 0 aromatic heterocycles. The van der Waals surface area contributed by atoms with E-state index in [9.17, 15) is 9.18 Å². The van der Waals surface area contributed by atoms with Crippen molar-refractivity contribution in [1.82, 2.24) is 0 Å². The van der Waals surface area contributed by atoms with Crippen LogP contribution < -0.4 is 0 Å². The number of halogens is 1. The molecule has 0 radical (unpaired) electrons. The molecular formula is C11H8FNO2. The second kappa shape index (κ2) is 3.65. The Morgan fingerprint density at radius 1 is 1.40 bits per heavy atom. The van der Waals surface area contributed by atoms with Crippen LogP contribution in [0.25, 0.3) is 6.08 Å². The minimum absolute atomic E-state index is 0.123. The van der Waals surface area contributed by atoms with Crippen LogP contribution in [0, 0.1) is 5.82 Å². The predicted molar refractivity (Wildman–Crippen MR) is 53.6 cm³/mol. The number of benzene rings is 1. The van der Waals surface area contributed by atoms with Gasteiger partial charge in [-0.2, -0.15) is 0 Å². The van der Waals surface area contributed by atoms with Crippen molar-refractivity contribution < 1.29 is 13.9 Å². The van der Waals surface area contributed by atoms with Crippen LogP contribution in [0.3, 0.4) is 0 Å². The predicted octanol–water partition coefficient (Wildman–Crippen LogP) is 2.14. The minimum atomic E-state index is -0.546. The lowest BCUT2D eigenvalue weighted by atomic mass is 10.2. The van der Waals surface area contributed by atoms with Gasteiger partial charge in [-0.05, 0) is 12.1 Å². The molecule has 15 heavy (non-hydrogen) atoms. The number of nitrogens with zero attached hydrogens (tertiary/aromatic N) is 1. The van der Waals surface area contributed by atoms with Gasteiger partial charge < -0.3 is 4.74 Å². The molecule has 0 N–H and O–H groups in total. The van der Waals surface area contributed by atoms with Crippen LogP contribution in [0.15, 0.2) is 35.0 Å². The molecule has 2 rings (SSSR count). The van der Waals surface area contributed by atoms with Crippen molar-refractivity contribution in [2.45, 2.75) is 6.92 Å². The van der Waals surface area contributed by atoms with Gasteiger partial charge in [-0.1, -0.05) is 18.2 Å². The molecule has 1 aliphatic heterocycles. The largest absolute Gasteiger partial charge is 0.407 e. The molecule has 0 fully saturated rings. The Kier molecular flexibility index (Phi) is 2.33. The molecule has 0 amide bonds. The SMILES string of the molecule is CC1=N/C(=C\c2ccccc2F)C(=O)O1. The topological polar surface area (TPSA) is 38.7 Å². The first-order valence-electron chi connectivity index (χ1n) is 4.40. The van der Waals surface area contributed by atoms with Gasteiger partial charge in [0.1, 0.15) is 5.82 Å². The van der Waals surface area contributed by atoms with Crippen molar-refractivity contribution in [2.24, 2.45) is 4.99 Å². The Balaban J connectivity index is 2.39. The van der Waals surface area contributed by atoms with Gasteiger partial charge >= 0.3 is 5.97 Å². The van der Waals surface area contributed by atoms with Crippen LogP contribution >= 0.6 is 0 Å². The Morgan fingerprint density at radius 2 is 2.13 bits per heavy atom. The monoisotopic (exact) mass is 205 g/mol. The maximum atomic E-state index is 13.2. The van der Waals surface area contributed by atoms with Gasteiger partial charge in [-0.3, -0.25) is 0 Å². The molecule has 76 valence electrons. The average molecular weight is 205 g/mol. The van der Waals surface area contributed by atoms with Crippen LogP contribution in [-0.4, -0.2) is 11.9 Å². The Bertz CT molecular complexity index is 477. The number of hydrogen-bond donors (Lipinski definition) is 0. The van der Waals surface area contributed by atoms with E-state index >= 15 is 0 Å². The lowest BCUT2D eigenvalue weighted by Crippen LogP contribution is -2.00. The number of carbonyl (C=O) groups excluding carboxylic acids is 1. The third-order valence-corrected chi connectivity index (χ3v) is 1.92. The van der Waals surface area contributed by atoms with E-state index in [1.165, 1.54) is 12.1 Å². The minimum Gasteiger partial charge on any atom is -0.407 e. The van der Waals surface area contributed by atoms with Crippen LogP contribution in [-0.2, 0) is 9.53 Å². The molecular weight excluding hydrogens is 197 g/mol. The number of carbonyl (C=O) groups is 1. The van der Waals surface area contributed by atoms with Crippen LogP contribution in [0.5, 0.6) is 0 Å². The lowest BCUT2D eigenvalue weighted by molar-refractivity contribution is -0.130. The summed E-state index contributed by atoms with van der Waals surface area (Å²) in [6.07, 6.45) is 1.37. The van der Waals surface area contributed by atoms with Gasteiger partial charge in [0.2, 0.25) is 0 Å². The van der Waals surface area contributed by atoms with Gasteiger partial charge in [0.25, 0.3) is 0 Å². The maximum absolute atomic E-state index is 13.2. The highest BCUT2D eigenvalue weighted by molar-refractivity contribution is 6.06. The first-order valence-corrected chi connectivity index (χ1v) is 4.40. The molecule has 1 aromatic rings. The summed E-state index contributed by atoms with van der Waals surface area (Å²) < 4.78 is 17.9. The van der Waals surface area contributed by atoms with E-state index in [1.54, 1.807) is 25.1 Å². The number of cyclic esters (lactones) is 1. The summed E-state index contributed by atoms with van der Waals surface area (Å²) in [6.45, 7) is 1.57. The molecule has 1 aromatic carbocycles. The van der Waals surface area contributed by atoms with Gasteiger partial charge in [0.05, 0.1) is 0 Å². The van der Waals surface area contributed by atoms with Crippen molar-refractivity contribution in [3.8, 4) is 0 Å². The zero-order chi connectivity index (χ0) is 10.8. The normalized spacial score (nSPS) is 17.9. The van der Waals surface area contributed by atoms with E-state index in [2.05, 4.69) is 4.99 Å². The second-order valence-electron chi connectivity index (χ2n) is 3.07. The number of esters is 1. The van der Waals surface area contributed by atoms with E-state index < -0.39 is 11.8 Å². The number of hydrogen-bond acceptors (Lipinski definition) is 3. The van der Waals surface area contributed by atoms with E-state index in [-0.39, 0.29) is 11.6 Å². The van der Waals surface area contributed by atoms with Crippen LogP contribution in [0.1, 0.15) is 12.5 Å². The molecule has 0 unspecified atom stereocenters. The van der Waals surface area contributed by atoms with E-state index in [1.807, 2.05) is 0 Å². The summed E-state index contributed by atoms with van der Waals surface area (Å²) >= 11 is 0. The third-order valence-electron chi connectivity index (χ3n) is 1.92. The fraction of sp³-hybridized carbons (Fsp3) is 0.0909. The highest BCUT2D eigenvalue weighted by atomic mass is 19.1. The van der Waals surface area contributed by atoms with Crippen LogP contribution in [0.2, 0.25) is 0 Å². The Hall–Kier alpha value is -1.97. The molecule has 1 heterocycles. The Morgan fingerprint density at radius 3 is 2.73 bits per heavy atom. The Labute approximate surface area is 85.9 Å². The lowest BCUT2D eigenvalue weighted by Gasteiger charge is -1.95. The third kappa shape index (κ3) is 1.93. The van der Waals surface area contributed by atoms with Crippen LogP contribution in [0.4, 0.5) is 4.39 Å². The first-order chi connectivity index (χ1) is 7.16. The molecule has 0 aliphatic carbocycles. The number of ether oxygens (including phenoxy) is 1. The first kappa shape index (κ1) is 9.58. The summed E-state index contributed by atoms with van der Waals surface area (Å²) in [4.78, 5) is 15.0. The van der Waals surface area contributed by atoms with Crippen molar-refractivity contribution >= 4 is 17.9 Å². The number of aliphatic imine (C=N–C) groups is 1. The highest BCUT2D eigenvalue weighted by Gasteiger charge is 2.19. The summed E-state index contributed by atoms with van der Waals surface area (Å²) in [5, 5.41) is 0. The second-order valence-corrected chi connectivity index (χ2v) is 3.07. The van der Waals surface area contributed by atoms with Gasteiger partial charge in [0.15, 0.2) is 11.6 Å². The number of rotatable bonds is 1. The van der Waals surface area contributed by atoms with Crippen molar-refractivity contribution in [3.63, 3.8) is 0 Å². The fourth-order valence-corrected chi connectivity index (χ4v) is 1.26. The quantitative estimate of drug-likeness (QED) is 0.520. The van der Waals surface area contributed by atoms with Gasteiger partial charge in [-0.25, -0.2) is 14.2 Å². The molecule has 4 heteroatoms. The molecule has 0 saturated heterocycles. The van der Waals surface area contributed by atoms with Crippen molar-refractivity contribution in [3.05, 3.63) is 41.3 Å². The van der Waals surface area contributed by atoms with Crippen molar-refractivity contribution in [2.75, 3.05) is 0 Å². The molecule has 0 spiro atoms. The molecule has 0 bridgehead atoms. The van der Waals surface area contributed by atoms with Gasteiger partial charge in [0, 0.05) is 12.5 Å². The molecule has 0 saturated carbocycles. The standard InChI is InChI=1S/C11H8FNO2/c1-7-13-10(11(14)15-7)6-8-4-2-3-5-9(8)12/h2-6H,1H3/b10-6-. The molecule has 0 atom stereocenters. The molecule has 3 nitrogen and oxygen atoms in total. The van der Waals surface area contributed by atoms with Crippen molar-refractivity contribution in [1.29, 1.82) is 0 Å². The summed E-state index contributed by atoms with van der Waals surface area (Å²) in [5.41, 5.74) is 0.445. The zero-order valence-electron chi connectivity index (χ0n) is 8.03. The summed E-state index contributed by atoms with van der Waals surface area (Å²) in [6, 6.07) is 6.16. The smallest absolute Gasteiger partial charge is 0.363 e. The zero-order valence-corrected chi connectivity index (χ0v) is 8.03. The maximum Gasteiger partial charge on any atom is 0.363 e. The summed E-state index contributed by atoms with van der Waals surface area (Å²) in [7, 11) is 0. The van der Waals surface area contributed by atoms with E-state index in [0.29, 0.717) is 5.56 Å². The average Bonchev–Trinajstić information content (AvgIpc) is 2.49.